The van der Waals surface area contributed by atoms with Gasteiger partial charge in [-0.05, 0) is 31.9 Å². The van der Waals surface area contributed by atoms with Gasteiger partial charge in [-0.3, -0.25) is 4.79 Å². The molecule has 27 heavy (non-hydrogen) atoms. The van der Waals surface area contributed by atoms with Gasteiger partial charge in [0, 0.05) is 23.0 Å². The molecule has 1 amide bonds. The summed E-state index contributed by atoms with van der Waals surface area (Å²) in [5.41, 5.74) is 1.09. The SMILES string of the molecule is CC[C@H](C)N(C(=O)COC(=O)c1cc2ccccc2[nH]1)[C@H]1CCS(=O)(=O)C1. The zero-order chi connectivity index (χ0) is 19.6. The fourth-order valence-corrected chi connectivity index (χ4v) is 5.18. The Bertz CT molecular complexity index is 917. The molecule has 1 aromatic heterocycles. The molecule has 8 heteroatoms. The van der Waals surface area contributed by atoms with Gasteiger partial charge in [0.15, 0.2) is 16.4 Å². The quantitative estimate of drug-likeness (QED) is 0.760. The van der Waals surface area contributed by atoms with Crippen LogP contribution in [-0.4, -0.2) is 60.4 Å². The Morgan fingerprint density at radius 1 is 1.33 bits per heavy atom. The van der Waals surface area contributed by atoms with Crippen LogP contribution in [0.5, 0.6) is 0 Å². The smallest absolute Gasteiger partial charge is 0.355 e. The third-order valence-electron chi connectivity index (χ3n) is 5.03. The van der Waals surface area contributed by atoms with Crippen LogP contribution in [0.15, 0.2) is 30.3 Å². The Hall–Kier alpha value is -2.35. The molecule has 0 unspecified atom stereocenters. The molecule has 3 rings (SSSR count). The van der Waals surface area contributed by atoms with E-state index in [0.717, 1.165) is 10.9 Å². The molecule has 1 saturated heterocycles. The molecule has 1 N–H and O–H groups in total. The first-order chi connectivity index (χ1) is 12.8. The van der Waals surface area contributed by atoms with Crippen molar-refractivity contribution in [3.8, 4) is 0 Å². The molecule has 1 aliphatic heterocycles. The van der Waals surface area contributed by atoms with Gasteiger partial charge in [0.1, 0.15) is 5.69 Å². The van der Waals surface area contributed by atoms with E-state index in [4.69, 9.17) is 4.74 Å². The number of sulfone groups is 1. The van der Waals surface area contributed by atoms with Crippen LogP contribution >= 0.6 is 0 Å². The lowest BCUT2D eigenvalue weighted by Crippen LogP contribution is -2.48. The zero-order valence-corrected chi connectivity index (χ0v) is 16.3. The first kappa shape index (κ1) is 19.4. The number of hydrogen-bond donors (Lipinski definition) is 1. The molecule has 2 heterocycles. The number of para-hydroxylation sites is 1. The Kier molecular flexibility index (Phi) is 5.55. The van der Waals surface area contributed by atoms with Gasteiger partial charge in [-0.1, -0.05) is 25.1 Å². The van der Waals surface area contributed by atoms with E-state index in [1.165, 1.54) is 0 Å². The van der Waals surface area contributed by atoms with E-state index in [2.05, 4.69) is 4.98 Å². The lowest BCUT2D eigenvalue weighted by Gasteiger charge is -2.33. The second-order valence-corrected chi connectivity index (χ2v) is 9.19. The summed E-state index contributed by atoms with van der Waals surface area (Å²) in [7, 11) is -3.11. The summed E-state index contributed by atoms with van der Waals surface area (Å²) in [4.78, 5) is 29.5. The minimum atomic E-state index is -3.11. The lowest BCUT2D eigenvalue weighted by molar-refractivity contribution is -0.138. The molecule has 0 radical (unpaired) electrons. The second kappa shape index (κ2) is 7.72. The standard InChI is InChI=1S/C19H24N2O5S/c1-3-13(2)21(15-8-9-27(24,25)12-15)18(22)11-26-19(23)17-10-14-6-4-5-7-16(14)20-17/h4-7,10,13,15,20H,3,8-9,11-12H2,1-2H3/t13-,15-/m0/s1. The number of nitrogens with one attached hydrogen (secondary N) is 1. The number of aromatic amines is 1. The molecule has 0 saturated carbocycles. The van der Waals surface area contributed by atoms with E-state index < -0.39 is 22.4 Å². The molecule has 146 valence electrons. The highest BCUT2D eigenvalue weighted by atomic mass is 32.2. The fourth-order valence-electron chi connectivity index (χ4n) is 3.46. The number of fused-ring (bicyclic) bond motifs is 1. The van der Waals surface area contributed by atoms with Crippen molar-refractivity contribution in [1.82, 2.24) is 9.88 Å². The van der Waals surface area contributed by atoms with Gasteiger partial charge in [0.2, 0.25) is 0 Å². The van der Waals surface area contributed by atoms with Crippen molar-refractivity contribution in [3.63, 3.8) is 0 Å². The minimum absolute atomic E-state index is 0.0287. The Morgan fingerprint density at radius 2 is 2.07 bits per heavy atom. The number of ether oxygens (including phenoxy) is 1. The molecule has 7 nitrogen and oxygen atoms in total. The molecule has 1 aromatic carbocycles. The topological polar surface area (TPSA) is 96.5 Å². The highest BCUT2D eigenvalue weighted by Crippen LogP contribution is 2.22. The molecule has 0 bridgehead atoms. The van der Waals surface area contributed by atoms with Gasteiger partial charge in [0.05, 0.1) is 11.5 Å². The van der Waals surface area contributed by atoms with Crippen LogP contribution in [0.4, 0.5) is 0 Å². The average Bonchev–Trinajstić information content (AvgIpc) is 3.22. The van der Waals surface area contributed by atoms with Crippen LogP contribution in [-0.2, 0) is 19.4 Å². The number of carbonyl (C=O) groups excluding carboxylic acids is 2. The van der Waals surface area contributed by atoms with Gasteiger partial charge >= 0.3 is 5.97 Å². The maximum atomic E-state index is 12.7. The second-order valence-electron chi connectivity index (χ2n) is 6.96. The number of H-pyrrole nitrogens is 1. The first-order valence-electron chi connectivity index (χ1n) is 9.07. The van der Waals surface area contributed by atoms with Crippen molar-refractivity contribution in [2.45, 2.75) is 38.8 Å². The summed E-state index contributed by atoms with van der Waals surface area (Å²) in [6.45, 7) is 3.41. The van der Waals surface area contributed by atoms with Crippen LogP contribution in [0.2, 0.25) is 0 Å². The van der Waals surface area contributed by atoms with Gasteiger partial charge in [0.25, 0.3) is 5.91 Å². The molecular formula is C19H24N2O5S. The minimum Gasteiger partial charge on any atom is -0.451 e. The van der Waals surface area contributed by atoms with E-state index in [-0.39, 0.29) is 35.2 Å². The number of esters is 1. The molecule has 1 fully saturated rings. The maximum Gasteiger partial charge on any atom is 0.355 e. The predicted octanol–water partition coefficient (Wildman–Crippen LogP) is 2.14. The third-order valence-corrected chi connectivity index (χ3v) is 6.78. The van der Waals surface area contributed by atoms with Crippen molar-refractivity contribution >= 4 is 32.6 Å². The lowest BCUT2D eigenvalue weighted by atomic mass is 10.1. The fraction of sp³-hybridized carbons (Fsp3) is 0.474. The summed E-state index contributed by atoms with van der Waals surface area (Å²) in [6, 6.07) is 8.65. The van der Waals surface area contributed by atoms with Crippen LogP contribution in [0.1, 0.15) is 37.2 Å². The largest absolute Gasteiger partial charge is 0.451 e. The first-order valence-corrected chi connectivity index (χ1v) is 10.9. The van der Waals surface area contributed by atoms with Gasteiger partial charge < -0.3 is 14.6 Å². The normalized spacial score (nSPS) is 19.7. The highest BCUT2D eigenvalue weighted by molar-refractivity contribution is 7.91. The van der Waals surface area contributed by atoms with E-state index >= 15 is 0 Å². The molecule has 0 aliphatic carbocycles. The highest BCUT2D eigenvalue weighted by Gasteiger charge is 2.36. The number of hydrogen-bond acceptors (Lipinski definition) is 5. The van der Waals surface area contributed by atoms with Crippen molar-refractivity contribution in [1.29, 1.82) is 0 Å². The van der Waals surface area contributed by atoms with Gasteiger partial charge in [-0.25, -0.2) is 13.2 Å². The van der Waals surface area contributed by atoms with Crippen molar-refractivity contribution in [2.75, 3.05) is 18.1 Å². The van der Waals surface area contributed by atoms with E-state index in [1.54, 1.807) is 11.0 Å². The zero-order valence-electron chi connectivity index (χ0n) is 15.5. The monoisotopic (exact) mass is 392 g/mol. The van der Waals surface area contributed by atoms with Crippen LogP contribution in [0.25, 0.3) is 10.9 Å². The summed E-state index contributed by atoms with van der Waals surface area (Å²) < 4.78 is 28.8. The summed E-state index contributed by atoms with van der Waals surface area (Å²) >= 11 is 0. The predicted molar refractivity (Wildman–Crippen MR) is 102 cm³/mol. The molecular weight excluding hydrogens is 368 g/mol. The Balaban J connectivity index is 1.67. The number of rotatable bonds is 6. The Morgan fingerprint density at radius 3 is 2.70 bits per heavy atom. The number of benzene rings is 1. The third kappa shape index (κ3) is 4.32. The average molecular weight is 392 g/mol. The van der Waals surface area contributed by atoms with Crippen molar-refractivity contribution in [2.24, 2.45) is 0 Å². The summed E-state index contributed by atoms with van der Waals surface area (Å²) in [5, 5.41) is 0.883. The molecule has 1 aliphatic rings. The number of carbonyl (C=O) groups is 2. The van der Waals surface area contributed by atoms with Crippen LogP contribution in [0, 0.1) is 0 Å². The summed E-state index contributed by atoms with van der Waals surface area (Å²) in [5.74, 6) is -0.912. The van der Waals surface area contributed by atoms with Crippen molar-refractivity contribution in [3.05, 3.63) is 36.0 Å². The summed E-state index contributed by atoms with van der Waals surface area (Å²) in [6.07, 6.45) is 1.12. The number of aromatic nitrogens is 1. The maximum absolute atomic E-state index is 12.7. The molecule has 2 atom stereocenters. The van der Waals surface area contributed by atoms with E-state index in [0.29, 0.717) is 12.8 Å². The van der Waals surface area contributed by atoms with E-state index in [9.17, 15) is 18.0 Å². The van der Waals surface area contributed by atoms with Crippen LogP contribution in [0.3, 0.4) is 0 Å². The Labute approximate surface area is 158 Å². The van der Waals surface area contributed by atoms with Gasteiger partial charge in [-0.2, -0.15) is 0 Å². The number of amides is 1. The van der Waals surface area contributed by atoms with E-state index in [1.807, 2.05) is 38.1 Å². The molecule has 0 spiro atoms. The number of nitrogens with zero attached hydrogens (tertiary/aromatic N) is 1. The molecule has 2 aromatic rings. The van der Waals surface area contributed by atoms with Gasteiger partial charge in [-0.15, -0.1) is 0 Å². The van der Waals surface area contributed by atoms with Crippen molar-refractivity contribution < 1.29 is 22.7 Å². The van der Waals surface area contributed by atoms with Crippen LogP contribution < -0.4 is 0 Å².